The summed E-state index contributed by atoms with van der Waals surface area (Å²) in [6, 6.07) is 0. The lowest BCUT2D eigenvalue weighted by Crippen LogP contribution is -2.21. The van der Waals surface area contributed by atoms with Crippen LogP contribution < -0.4 is 0 Å². The maximum absolute atomic E-state index is 6.01. The minimum atomic E-state index is -1.53. The highest BCUT2D eigenvalue weighted by atomic mass is 28.3. The summed E-state index contributed by atoms with van der Waals surface area (Å²) in [4.78, 5) is 0. The summed E-state index contributed by atoms with van der Waals surface area (Å²) in [5, 5.41) is 1.01. The first-order valence-electron chi connectivity index (χ1n) is 8.13. The normalized spacial score (nSPS) is 17.9. The first-order chi connectivity index (χ1) is 9.83. The first kappa shape index (κ1) is 17.3. The molecule has 0 fully saturated rings. The predicted octanol–water partition coefficient (Wildman–Crippen LogP) is 4.02. The maximum Gasteiger partial charge on any atom is 0.276 e. The van der Waals surface area contributed by atoms with Crippen molar-refractivity contribution in [2.75, 3.05) is 19.8 Å². The third kappa shape index (κ3) is 6.14. The molecule has 0 aromatic rings. The number of hydrogen-bond donors (Lipinski definition) is 0. The van der Waals surface area contributed by atoms with E-state index in [1.165, 1.54) is 6.42 Å². The molecule has 1 atom stereocenters. The van der Waals surface area contributed by atoms with Crippen molar-refractivity contribution >= 4 is 9.04 Å². The molecule has 0 N–H and O–H groups in total. The lowest BCUT2D eigenvalue weighted by Gasteiger charge is -2.16. The van der Waals surface area contributed by atoms with Gasteiger partial charge in [-0.3, -0.25) is 0 Å². The third-order valence-electron chi connectivity index (χ3n) is 3.23. The molecule has 0 spiro atoms. The molecule has 0 aromatic heterocycles. The van der Waals surface area contributed by atoms with Crippen LogP contribution in [-0.4, -0.2) is 28.9 Å². The first-order valence-corrected chi connectivity index (χ1v) is 9.84. The highest BCUT2D eigenvalue weighted by Crippen LogP contribution is 2.22. The number of unbranched alkanes of at least 4 members (excludes halogenated alkanes) is 3. The van der Waals surface area contributed by atoms with Gasteiger partial charge in [0, 0.05) is 6.61 Å². The van der Waals surface area contributed by atoms with Crippen LogP contribution in [0, 0.1) is 0 Å². The minimum Gasteiger partial charge on any atom is -0.496 e. The van der Waals surface area contributed by atoms with Crippen LogP contribution in [0.5, 0.6) is 0 Å². The molecule has 0 bridgehead atoms. The topological polar surface area (TPSA) is 27.7 Å². The summed E-state index contributed by atoms with van der Waals surface area (Å²) in [7, 11) is -1.53. The molecule has 1 unspecified atom stereocenters. The van der Waals surface area contributed by atoms with Crippen LogP contribution >= 0.6 is 0 Å². The van der Waals surface area contributed by atoms with Crippen LogP contribution in [0.25, 0.3) is 0 Å². The Morgan fingerprint density at radius 2 is 1.45 bits per heavy atom. The second kappa shape index (κ2) is 11.0. The molecule has 1 aliphatic heterocycles. The number of hydrogen-bond acceptors (Lipinski definition) is 3. The van der Waals surface area contributed by atoms with Gasteiger partial charge in [0.05, 0.1) is 13.2 Å². The van der Waals surface area contributed by atoms with Crippen LogP contribution in [0.3, 0.4) is 0 Å². The van der Waals surface area contributed by atoms with Gasteiger partial charge < -0.3 is 13.9 Å². The summed E-state index contributed by atoms with van der Waals surface area (Å²) in [5.41, 5.74) is 2.18. The van der Waals surface area contributed by atoms with Gasteiger partial charge in [0.1, 0.15) is 5.38 Å². The standard InChI is InChI=1S/C16H30O3Si/c1-4-7-11-17-15-10-14-20(19-13-9-6-3)16(15)18-12-8-5-2/h10,14,20H,4-9,11-13H2,1-3H3. The van der Waals surface area contributed by atoms with Crippen molar-refractivity contribution < 1.29 is 13.9 Å². The van der Waals surface area contributed by atoms with Crippen LogP contribution in [0.1, 0.15) is 59.3 Å². The summed E-state index contributed by atoms with van der Waals surface area (Å²) in [6.07, 6.45) is 8.81. The van der Waals surface area contributed by atoms with E-state index in [-0.39, 0.29) is 0 Å². The lowest BCUT2D eigenvalue weighted by atomic mass is 10.3. The minimum absolute atomic E-state index is 0.771. The van der Waals surface area contributed by atoms with Crippen molar-refractivity contribution in [3.63, 3.8) is 0 Å². The van der Waals surface area contributed by atoms with Gasteiger partial charge in [0.15, 0.2) is 5.76 Å². The molecule has 0 saturated heterocycles. The highest BCUT2D eigenvalue weighted by molar-refractivity contribution is 6.66. The Labute approximate surface area is 125 Å². The summed E-state index contributed by atoms with van der Waals surface area (Å²) in [6.45, 7) is 8.91. The fraction of sp³-hybridized carbons (Fsp3) is 0.750. The molecule has 4 heteroatoms. The van der Waals surface area contributed by atoms with E-state index in [0.29, 0.717) is 0 Å². The zero-order valence-electron chi connectivity index (χ0n) is 13.3. The van der Waals surface area contributed by atoms with E-state index in [9.17, 15) is 0 Å². The van der Waals surface area contributed by atoms with Gasteiger partial charge in [0.25, 0.3) is 9.04 Å². The second-order valence-electron chi connectivity index (χ2n) is 5.14. The smallest absolute Gasteiger partial charge is 0.276 e. The van der Waals surface area contributed by atoms with E-state index in [1.807, 2.05) is 0 Å². The maximum atomic E-state index is 6.01. The van der Waals surface area contributed by atoms with E-state index >= 15 is 0 Å². The quantitative estimate of drug-likeness (QED) is 0.402. The number of rotatable bonds is 12. The largest absolute Gasteiger partial charge is 0.496 e. The van der Waals surface area contributed by atoms with E-state index in [2.05, 4.69) is 32.5 Å². The molecule has 0 aromatic carbocycles. The van der Waals surface area contributed by atoms with E-state index in [1.54, 1.807) is 0 Å². The average molecular weight is 298 g/mol. The molecule has 0 radical (unpaired) electrons. The zero-order valence-corrected chi connectivity index (χ0v) is 14.5. The Kier molecular flexibility index (Phi) is 9.50. The SMILES string of the molecule is CCCCOC1=C(OCCCC)[SiH](OCCCC)C=C1. The second-order valence-corrected chi connectivity index (χ2v) is 7.22. The van der Waals surface area contributed by atoms with Gasteiger partial charge in [-0.2, -0.15) is 0 Å². The molecule has 116 valence electrons. The molecule has 1 rings (SSSR count). The fourth-order valence-corrected chi connectivity index (χ4v) is 3.85. The monoisotopic (exact) mass is 298 g/mol. The predicted molar refractivity (Wildman–Crippen MR) is 85.9 cm³/mol. The Morgan fingerprint density at radius 1 is 0.850 bits per heavy atom. The molecule has 0 aliphatic carbocycles. The zero-order chi connectivity index (χ0) is 14.6. The Balaban J connectivity index is 2.52. The Hall–Kier alpha value is -0.743. The Morgan fingerprint density at radius 3 is 2.10 bits per heavy atom. The van der Waals surface area contributed by atoms with Crippen molar-refractivity contribution in [3.8, 4) is 0 Å². The number of allylic oxidation sites excluding steroid dienone is 1. The van der Waals surface area contributed by atoms with Crippen LogP contribution in [0.15, 0.2) is 22.9 Å². The lowest BCUT2D eigenvalue weighted by molar-refractivity contribution is 0.166. The molecular weight excluding hydrogens is 268 g/mol. The number of ether oxygens (including phenoxy) is 2. The van der Waals surface area contributed by atoms with Gasteiger partial charge in [-0.15, -0.1) is 0 Å². The average Bonchev–Trinajstić information content (AvgIpc) is 2.83. The fourth-order valence-electron chi connectivity index (χ4n) is 1.90. The summed E-state index contributed by atoms with van der Waals surface area (Å²) < 4.78 is 17.8. The van der Waals surface area contributed by atoms with E-state index in [4.69, 9.17) is 13.9 Å². The van der Waals surface area contributed by atoms with Crippen molar-refractivity contribution in [3.05, 3.63) is 22.9 Å². The van der Waals surface area contributed by atoms with Crippen molar-refractivity contribution in [1.82, 2.24) is 0 Å². The third-order valence-corrected chi connectivity index (χ3v) is 5.33. The van der Waals surface area contributed by atoms with Gasteiger partial charge in [0.2, 0.25) is 0 Å². The van der Waals surface area contributed by atoms with Gasteiger partial charge >= 0.3 is 0 Å². The molecule has 20 heavy (non-hydrogen) atoms. The highest BCUT2D eigenvalue weighted by Gasteiger charge is 2.26. The van der Waals surface area contributed by atoms with Crippen molar-refractivity contribution in [2.24, 2.45) is 0 Å². The van der Waals surface area contributed by atoms with Crippen LogP contribution in [0.2, 0.25) is 0 Å². The van der Waals surface area contributed by atoms with E-state index < -0.39 is 9.04 Å². The van der Waals surface area contributed by atoms with Gasteiger partial charge in [-0.1, -0.05) is 45.7 Å². The molecular formula is C16H30O3Si. The Bertz CT molecular complexity index is 313. The molecule has 1 aliphatic rings. The van der Waals surface area contributed by atoms with E-state index in [0.717, 1.165) is 63.1 Å². The summed E-state index contributed by atoms with van der Waals surface area (Å²) >= 11 is 0. The summed E-state index contributed by atoms with van der Waals surface area (Å²) in [5.74, 6) is 0.919. The molecule has 0 saturated carbocycles. The molecule has 1 heterocycles. The molecule has 0 amide bonds. The van der Waals surface area contributed by atoms with Gasteiger partial charge in [-0.05, 0) is 25.3 Å². The van der Waals surface area contributed by atoms with Crippen molar-refractivity contribution in [1.29, 1.82) is 0 Å². The van der Waals surface area contributed by atoms with Crippen LogP contribution in [0.4, 0.5) is 0 Å². The van der Waals surface area contributed by atoms with Gasteiger partial charge in [-0.25, -0.2) is 0 Å². The van der Waals surface area contributed by atoms with Crippen LogP contribution in [-0.2, 0) is 13.9 Å². The molecule has 3 nitrogen and oxygen atoms in total. The van der Waals surface area contributed by atoms with Crippen molar-refractivity contribution in [2.45, 2.75) is 59.3 Å².